The van der Waals surface area contributed by atoms with Crippen molar-refractivity contribution in [2.45, 2.75) is 12.2 Å². The fraction of sp³-hybridized carbons (Fsp3) is 0.300. The second-order valence-electron chi connectivity index (χ2n) is 2.73. The van der Waals surface area contributed by atoms with Gasteiger partial charge in [-0.15, -0.1) is 0 Å². The Kier molecular flexibility index (Phi) is 3.32. The molecule has 1 unspecified atom stereocenters. The Balaban J connectivity index is 3.04. The van der Waals surface area contributed by atoms with E-state index in [9.17, 15) is 4.39 Å². The van der Waals surface area contributed by atoms with Crippen LogP contribution in [0.3, 0.4) is 0 Å². The van der Waals surface area contributed by atoms with E-state index in [1.807, 2.05) is 13.2 Å². The minimum atomic E-state index is -0.430. The molecule has 13 heavy (non-hydrogen) atoms. The van der Waals surface area contributed by atoms with Gasteiger partial charge in [0.05, 0.1) is 5.56 Å². The number of nitrogens with zero attached hydrogens (tertiary/aromatic N) is 1. The molecule has 1 atom stereocenters. The van der Waals surface area contributed by atoms with Gasteiger partial charge in [0.25, 0.3) is 0 Å². The molecule has 1 aromatic carbocycles. The molecular formula is C10H10FNS. The minimum Gasteiger partial charge on any atom is -0.206 e. The van der Waals surface area contributed by atoms with Crippen molar-refractivity contribution in [3.05, 3.63) is 35.1 Å². The van der Waals surface area contributed by atoms with Gasteiger partial charge >= 0.3 is 0 Å². The third kappa shape index (κ3) is 2.22. The lowest BCUT2D eigenvalue weighted by Gasteiger charge is -2.08. The van der Waals surface area contributed by atoms with Gasteiger partial charge in [0, 0.05) is 5.25 Å². The van der Waals surface area contributed by atoms with Crippen molar-refractivity contribution >= 4 is 11.8 Å². The van der Waals surface area contributed by atoms with Gasteiger partial charge in [-0.05, 0) is 30.9 Å². The zero-order chi connectivity index (χ0) is 9.84. The van der Waals surface area contributed by atoms with E-state index in [-0.39, 0.29) is 10.8 Å². The average molecular weight is 195 g/mol. The molecule has 68 valence electrons. The number of rotatable bonds is 2. The lowest BCUT2D eigenvalue weighted by molar-refractivity contribution is 0.621. The molecule has 0 saturated heterocycles. The van der Waals surface area contributed by atoms with Crippen LogP contribution in [-0.4, -0.2) is 6.26 Å². The first-order valence-electron chi connectivity index (χ1n) is 3.91. The van der Waals surface area contributed by atoms with Crippen LogP contribution in [0.5, 0.6) is 0 Å². The number of halogens is 1. The van der Waals surface area contributed by atoms with Crippen LogP contribution < -0.4 is 0 Å². The third-order valence-electron chi connectivity index (χ3n) is 1.94. The summed E-state index contributed by atoms with van der Waals surface area (Å²) in [7, 11) is 0. The molecule has 3 heteroatoms. The highest BCUT2D eigenvalue weighted by atomic mass is 32.2. The van der Waals surface area contributed by atoms with Crippen LogP contribution in [0.2, 0.25) is 0 Å². The average Bonchev–Trinajstić information content (AvgIpc) is 2.16. The van der Waals surface area contributed by atoms with Crippen molar-refractivity contribution in [2.75, 3.05) is 6.26 Å². The van der Waals surface area contributed by atoms with E-state index in [2.05, 4.69) is 0 Å². The Bertz CT molecular complexity index is 343. The molecule has 1 aromatic rings. The summed E-state index contributed by atoms with van der Waals surface area (Å²) in [6, 6.07) is 6.55. The Labute approximate surface area is 81.6 Å². The number of thioether (sulfide) groups is 1. The van der Waals surface area contributed by atoms with Crippen molar-refractivity contribution < 1.29 is 4.39 Å². The Morgan fingerprint density at radius 2 is 2.23 bits per heavy atom. The molecule has 0 aliphatic carbocycles. The first-order chi connectivity index (χ1) is 6.19. The number of benzene rings is 1. The molecule has 1 rings (SSSR count). The van der Waals surface area contributed by atoms with E-state index in [1.165, 1.54) is 12.1 Å². The lowest BCUT2D eigenvalue weighted by atomic mass is 10.1. The summed E-state index contributed by atoms with van der Waals surface area (Å²) >= 11 is 1.65. The van der Waals surface area contributed by atoms with E-state index in [0.717, 1.165) is 5.56 Å². The Morgan fingerprint density at radius 1 is 1.54 bits per heavy atom. The molecule has 0 fully saturated rings. The number of hydrogen-bond acceptors (Lipinski definition) is 2. The summed E-state index contributed by atoms with van der Waals surface area (Å²) in [5.41, 5.74) is 1.03. The molecule has 0 aromatic heterocycles. The van der Waals surface area contributed by atoms with Crippen LogP contribution in [0, 0.1) is 17.1 Å². The summed E-state index contributed by atoms with van der Waals surface area (Å²) in [6.45, 7) is 2.01. The molecular weight excluding hydrogens is 185 g/mol. The Hall–Kier alpha value is -1.01. The zero-order valence-corrected chi connectivity index (χ0v) is 8.36. The highest BCUT2D eigenvalue weighted by molar-refractivity contribution is 7.98. The molecule has 0 saturated carbocycles. The predicted molar refractivity (Wildman–Crippen MR) is 53.0 cm³/mol. The van der Waals surface area contributed by atoms with Crippen LogP contribution in [0.25, 0.3) is 0 Å². The topological polar surface area (TPSA) is 23.8 Å². The summed E-state index contributed by atoms with van der Waals surface area (Å²) in [4.78, 5) is 0. The fourth-order valence-corrected chi connectivity index (χ4v) is 1.43. The molecule has 0 aliphatic rings. The quantitative estimate of drug-likeness (QED) is 0.724. The zero-order valence-electron chi connectivity index (χ0n) is 7.54. The maximum atomic E-state index is 13.1. The van der Waals surface area contributed by atoms with Gasteiger partial charge in [0.2, 0.25) is 0 Å². The Morgan fingerprint density at radius 3 is 2.69 bits per heavy atom. The van der Waals surface area contributed by atoms with Crippen molar-refractivity contribution in [3.8, 4) is 6.07 Å². The van der Waals surface area contributed by atoms with Crippen LogP contribution >= 0.6 is 11.8 Å². The lowest BCUT2D eigenvalue weighted by Crippen LogP contribution is -1.91. The summed E-state index contributed by atoms with van der Waals surface area (Å²) in [6.07, 6.45) is 1.97. The van der Waals surface area contributed by atoms with E-state index < -0.39 is 5.82 Å². The summed E-state index contributed by atoms with van der Waals surface area (Å²) in [5.74, 6) is -0.430. The maximum absolute atomic E-state index is 13.1. The molecule has 0 amide bonds. The fourth-order valence-electron chi connectivity index (χ4n) is 1.01. The third-order valence-corrected chi connectivity index (χ3v) is 2.92. The van der Waals surface area contributed by atoms with Crippen LogP contribution in [-0.2, 0) is 0 Å². The number of hydrogen-bond donors (Lipinski definition) is 0. The molecule has 0 aliphatic heterocycles. The normalized spacial score (nSPS) is 12.2. The van der Waals surface area contributed by atoms with Crippen LogP contribution in [0.4, 0.5) is 4.39 Å². The second kappa shape index (κ2) is 4.29. The molecule has 0 bridgehead atoms. The van der Waals surface area contributed by atoms with Gasteiger partial charge in [0.15, 0.2) is 0 Å². The molecule has 0 N–H and O–H groups in total. The number of nitriles is 1. The van der Waals surface area contributed by atoms with E-state index >= 15 is 0 Å². The van der Waals surface area contributed by atoms with Crippen molar-refractivity contribution in [3.63, 3.8) is 0 Å². The van der Waals surface area contributed by atoms with Gasteiger partial charge in [0.1, 0.15) is 11.9 Å². The first kappa shape index (κ1) is 10.1. The van der Waals surface area contributed by atoms with E-state index in [1.54, 1.807) is 23.9 Å². The monoisotopic (exact) mass is 195 g/mol. The van der Waals surface area contributed by atoms with Gasteiger partial charge in [-0.1, -0.05) is 6.07 Å². The molecule has 1 nitrogen and oxygen atoms in total. The van der Waals surface area contributed by atoms with Crippen molar-refractivity contribution in [2.24, 2.45) is 0 Å². The van der Waals surface area contributed by atoms with Gasteiger partial charge in [-0.25, -0.2) is 4.39 Å². The van der Waals surface area contributed by atoms with Crippen molar-refractivity contribution in [1.82, 2.24) is 0 Å². The van der Waals surface area contributed by atoms with E-state index in [0.29, 0.717) is 0 Å². The van der Waals surface area contributed by atoms with Crippen LogP contribution in [0.15, 0.2) is 18.2 Å². The highest BCUT2D eigenvalue weighted by Crippen LogP contribution is 2.26. The SMILES string of the molecule is CSC(C)c1ccc(C#N)c(F)c1. The van der Waals surface area contributed by atoms with E-state index in [4.69, 9.17) is 5.26 Å². The highest BCUT2D eigenvalue weighted by Gasteiger charge is 2.07. The minimum absolute atomic E-state index is 0.108. The van der Waals surface area contributed by atoms with Gasteiger partial charge in [-0.3, -0.25) is 0 Å². The maximum Gasteiger partial charge on any atom is 0.141 e. The molecule has 0 spiro atoms. The summed E-state index contributed by atoms with van der Waals surface area (Å²) in [5, 5.41) is 8.78. The predicted octanol–water partition coefficient (Wildman–Crippen LogP) is 3.12. The smallest absolute Gasteiger partial charge is 0.141 e. The molecule has 0 heterocycles. The van der Waals surface area contributed by atoms with Crippen LogP contribution in [0.1, 0.15) is 23.3 Å². The van der Waals surface area contributed by atoms with Crippen molar-refractivity contribution in [1.29, 1.82) is 5.26 Å². The first-order valence-corrected chi connectivity index (χ1v) is 5.20. The molecule has 0 radical (unpaired) electrons. The van der Waals surface area contributed by atoms with Gasteiger partial charge in [-0.2, -0.15) is 17.0 Å². The second-order valence-corrected chi connectivity index (χ2v) is 3.91. The van der Waals surface area contributed by atoms with Gasteiger partial charge < -0.3 is 0 Å². The largest absolute Gasteiger partial charge is 0.206 e. The summed E-state index contributed by atoms with van der Waals surface area (Å²) < 4.78 is 13.1. The standard InChI is InChI=1S/C10H10FNS/c1-7(13-2)8-3-4-9(6-12)10(11)5-8/h3-5,7H,1-2H3.